The van der Waals surface area contributed by atoms with Gasteiger partial charge < -0.3 is 15.0 Å². The van der Waals surface area contributed by atoms with Crippen LogP contribution in [0.2, 0.25) is 0 Å². The van der Waals surface area contributed by atoms with Gasteiger partial charge >= 0.3 is 6.03 Å². The predicted molar refractivity (Wildman–Crippen MR) is 137 cm³/mol. The summed E-state index contributed by atoms with van der Waals surface area (Å²) in [5, 5.41) is 10.2. The molecule has 0 atom stereocenters. The first kappa shape index (κ1) is 24.3. The molecule has 0 spiro atoms. The second kappa shape index (κ2) is 10.2. The number of piperidine rings is 1. The Bertz CT molecular complexity index is 1180. The number of urea groups is 1. The van der Waals surface area contributed by atoms with Crippen LogP contribution in [0.25, 0.3) is 0 Å². The van der Waals surface area contributed by atoms with E-state index in [1.54, 1.807) is 11.7 Å². The lowest BCUT2D eigenvalue weighted by atomic mass is 9.92. The van der Waals surface area contributed by atoms with Crippen LogP contribution in [0.1, 0.15) is 49.7 Å². The van der Waals surface area contributed by atoms with Gasteiger partial charge in [-0.25, -0.2) is 4.79 Å². The Morgan fingerprint density at radius 1 is 0.971 bits per heavy atom. The van der Waals surface area contributed by atoms with Gasteiger partial charge in [0.1, 0.15) is 17.7 Å². The first-order valence-electron chi connectivity index (χ1n) is 11.9. The van der Waals surface area contributed by atoms with Crippen molar-refractivity contribution in [3.05, 3.63) is 71.9 Å². The Labute approximate surface area is 206 Å². The van der Waals surface area contributed by atoms with Crippen molar-refractivity contribution in [2.75, 3.05) is 23.7 Å². The minimum absolute atomic E-state index is 0.0177. The number of aromatic nitrogens is 2. The fraction of sp³-hybridized carbons (Fsp3) is 0.370. The van der Waals surface area contributed by atoms with Crippen LogP contribution < -0.4 is 15.4 Å². The number of likely N-dealkylation sites (tertiary alicyclic amines) is 1. The number of carbonyl (C=O) groups excluding carboxylic acids is 2. The summed E-state index contributed by atoms with van der Waals surface area (Å²) in [5.41, 5.74) is 2.15. The maximum atomic E-state index is 12.6. The molecule has 35 heavy (non-hydrogen) atoms. The molecule has 8 nitrogen and oxygen atoms in total. The molecule has 0 unspecified atom stereocenters. The van der Waals surface area contributed by atoms with E-state index in [0.717, 1.165) is 18.5 Å². The molecule has 3 aromatic rings. The third-order valence-corrected chi connectivity index (χ3v) is 6.03. The standard InChI is InChI=1S/C27H33N5O3/c1-27(2,3)23-18-24(31(4)30-23)29-26(34)28-20-11-8-12-22(17-20)35-21-13-15-32(16-14-21)25(33)19-9-6-5-7-10-19/h5-12,17-18,21H,13-16H2,1-4H3,(H2,28,29,34). The third kappa shape index (κ3) is 6.20. The molecule has 0 aliphatic carbocycles. The lowest BCUT2D eigenvalue weighted by molar-refractivity contribution is 0.0595. The number of hydrogen-bond donors (Lipinski definition) is 2. The van der Waals surface area contributed by atoms with Gasteiger partial charge in [0.2, 0.25) is 0 Å². The van der Waals surface area contributed by atoms with Crippen LogP contribution in [-0.2, 0) is 12.5 Å². The van der Waals surface area contributed by atoms with E-state index in [1.807, 2.05) is 65.6 Å². The number of nitrogens with one attached hydrogen (secondary N) is 2. The molecule has 1 saturated heterocycles. The number of amides is 3. The summed E-state index contributed by atoms with van der Waals surface area (Å²) in [5.74, 6) is 1.37. The highest BCUT2D eigenvalue weighted by molar-refractivity contribution is 5.99. The predicted octanol–water partition coefficient (Wildman–Crippen LogP) is 5.05. The van der Waals surface area contributed by atoms with E-state index >= 15 is 0 Å². The molecule has 4 rings (SSSR count). The minimum Gasteiger partial charge on any atom is -0.490 e. The van der Waals surface area contributed by atoms with Crippen LogP contribution in [0.3, 0.4) is 0 Å². The van der Waals surface area contributed by atoms with Crippen molar-refractivity contribution in [2.45, 2.75) is 45.1 Å². The second-order valence-corrected chi connectivity index (χ2v) is 9.87. The minimum atomic E-state index is -0.349. The monoisotopic (exact) mass is 475 g/mol. The first-order chi connectivity index (χ1) is 16.7. The zero-order chi connectivity index (χ0) is 25.0. The van der Waals surface area contributed by atoms with Crippen LogP contribution >= 0.6 is 0 Å². The number of benzene rings is 2. The number of nitrogens with zero attached hydrogens (tertiary/aromatic N) is 3. The Kier molecular flexibility index (Phi) is 7.10. The molecule has 184 valence electrons. The van der Waals surface area contributed by atoms with Crippen LogP contribution in [-0.4, -0.2) is 45.8 Å². The lowest BCUT2D eigenvalue weighted by Gasteiger charge is -2.32. The maximum absolute atomic E-state index is 12.6. The summed E-state index contributed by atoms with van der Waals surface area (Å²) >= 11 is 0. The SMILES string of the molecule is Cn1nc(C(C)(C)C)cc1NC(=O)Nc1cccc(OC2CCN(C(=O)c3ccccc3)CC2)c1. The van der Waals surface area contributed by atoms with Crippen LogP contribution in [0, 0.1) is 0 Å². The van der Waals surface area contributed by atoms with E-state index in [-0.39, 0.29) is 23.5 Å². The molecular formula is C27H33N5O3. The van der Waals surface area contributed by atoms with Crippen molar-refractivity contribution in [3.63, 3.8) is 0 Å². The van der Waals surface area contributed by atoms with Gasteiger partial charge in [-0.05, 0) is 24.3 Å². The largest absolute Gasteiger partial charge is 0.490 e. The summed E-state index contributed by atoms with van der Waals surface area (Å²) in [6.07, 6.45) is 1.53. The van der Waals surface area contributed by atoms with Gasteiger partial charge in [0, 0.05) is 61.8 Å². The zero-order valence-corrected chi connectivity index (χ0v) is 20.7. The molecule has 2 N–H and O–H groups in total. The molecule has 1 aromatic heterocycles. The van der Waals surface area contributed by atoms with Crippen molar-refractivity contribution >= 4 is 23.4 Å². The molecule has 0 bridgehead atoms. The summed E-state index contributed by atoms with van der Waals surface area (Å²) in [7, 11) is 1.80. The van der Waals surface area contributed by atoms with E-state index in [1.165, 1.54) is 0 Å². The number of hydrogen-bond acceptors (Lipinski definition) is 4. The summed E-state index contributed by atoms with van der Waals surface area (Å²) < 4.78 is 7.83. The Balaban J connectivity index is 1.30. The fourth-order valence-electron chi connectivity index (χ4n) is 4.01. The first-order valence-corrected chi connectivity index (χ1v) is 11.9. The maximum Gasteiger partial charge on any atom is 0.324 e. The van der Waals surface area contributed by atoms with Gasteiger partial charge in [0.05, 0.1) is 5.69 Å². The highest BCUT2D eigenvalue weighted by Crippen LogP contribution is 2.25. The number of aryl methyl sites for hydroxylation is 1. The molecule has 2 aromatic carbocycles. The van der Waals surface area contributed by atoms with Crippen molar-refractivity contribution in [3.8, 4) is 5.75 Å². The Hall–Kier alpha value is -3.81. The van der Waals surface area contributed by atoms with Gasteiger partial charge in [0.15, 0.2) is 0 Å². The molecule has 1 aliphatic rings. The normalized spacial score (nSPS) is 14.5. The van der Waals surface area contributed by atoms with E-state index in [0.29, 0.717) is 35.9 Å². The summed E-state index contributed by atoms with van der Waals surface area (Å²) in [4.78, 5) is 27.1. The number of rotatable bonds is 5. The molecule has 1 aliphatic heterocycles. The number of carbonyl (C=O) groups is 2. The lowest BCUT2D eigenvalue weighted by Crippen LogP contribution is -2.41. The Morgan fingerprint density at radius 2 is 1.69 bits per heavy atom. The molecule has 0 radical (unpaired) electrons. The summed E-state index contributed by atoms with van der Waals surface area (Å²) in [6, 6.07) is 18.2. The molecule has 8 heteroatoms. The van der Waals surface area contributed by atoms with Gasteiger partial charge in [-0.3, -0.25) is 14.8 Å². The van der Waals surface area contributed by atoms with Gasteiger partial charge in [-0.2, -0.15) is 5.10 Å². The molecule has 2 heterocycles. The van der Waals surface area contributed by atoms with E-state index in [4.69, 9.17) is 4.74 Å². The van der Waals surface area contributed by atoms with E-state index in [2.05, 4.69) is 36.5 Å². The van der Waals surface area contributed by atoms with Crippen molar-refractivity contribution in [1.82, 2.24) is 14.7 Å². The quantitative estimate of drug-likeness (QED) is 0.541. The van der Waals surface area contributed by atoms with Crippen molar-refractivity contribution < 1.29 is 14.3 Å². The zero-order valence-electron chi connectivity index (χ0n) is 20.7. The highest BCUT2D eigenvalue weighted by atomic mass is 16.5. The fourth-order valence-corrected chi connectivity index (χ4v) is 4.01. The van der Waals surface area contributed by atoms with Gasteiger partial charge in [-0.15, -0.1) is 0 Å². The average molecular weight is 476 g/mol. The van der Waals surface area contributed by atoms with Crippen LogP contribution in [0.15, 0.2) is 60.7 Å². The summed E-state index contributed by atoms with van der Waals surface area (Å²) in [6.45, 7) is 7.54. The number of ether oxygens (including phenoxy) is 1. The third-order valence-electron chi connectivity index (χ3n) is 6.03. The van der Waals surface area contributed by atoms with Crippen LogP contribution in [0.4, 0.5) is 16.3 Å². The van der Waals surface area contributed by atoms with Gasteiger partial charge in [-0.1, -0.05) is 45.0 Å². The molecular weight excluding hydrogens is 442 g/mol. The van der Waals surface area contributed by atoms with Gasteiger partial charge in [0.25, 0.3) is 5.91 Å². The molecule has 0 saturated carbocycles. The molecule has 1 fully saturated rings. The average Bonchev–Trinajstić information content (AvgIpc) is 3.20. The van der Waals surface area contributed by atoms with E-state index in [9.17, 15) is 9.59 Å². The molecule has 3 amide bonds. The van der Waals surface area contributed by atoms with Crippen molar-refractivity contribution in [1.29, 1.82) is 0 Å². The highest BCUT2D eigenvalue weighted by Gasteiger charge is 2.25. The second-order valence-electron chi connectivity index (χ2n) is 9.87. The topological polar surface area (TPSA) is 88.5 Å². The number of anilines is 2. The van der Waals surface area contributed by atoms with Crippen molar-refractivity contribution in [2.24, 2.45) is 7.05 Å². The Morgan fingerprint density at radius 3 is 2.34 bits per heavy atom. The smallest absolute Gasteiger partial charge is 0.324 e. The van der Waals surface area contributed by atoms with Crippen LogP contribution in [0.5, 0.6) is 5.75 Å². The van der Waals surface area contributed by atoms with E-state index < -0.39 is 0 Å².